The predicted octanol–water partition coefficient (Wildman–Crippen LogP) is 4.58. The molecular weight excluding hydrogens is 322 g/mol. The Morgan fingerprint density at radius 2 is 2.00 bits per heavy atom. The lowest BCUT2D eigenvalue weighted by Crippen LogP contribution is -2.24. The first kappa shape index (κ1) is 13.3. The molecular formula is C15H16BrNOS. The fraction of sp³-hybridized carbons (Fsp3) is 0.400. The maximum atomic E-state index is 10.3. The van der Waals surface area contributed by atoms with Crippen molar-refractivity contribution in [2.45, 2.75) is 32.8 Å². The van der Waals surface area contributed by atoms with Crippen molar-refractivity contribution in [3.8, 4) is 10.6 Å². The Kier molecular flexibility index (Phi) is 3.28. The SMILES string of the molecule is CC1(C)Cc2nc(-c3ccc(Br)cc3)sc2C(O)C1. The highest BCUT2D eigenvalue weighted by molar-refractivity contribution is 9.10. The molecule has 2 aromatic rings. The van der Waals surface area contributed by atoms with Crippen molar-refractivity contribution in [2.75, 3.05) is 0 Å². The predicted molar refractivity (Wildman–Crippen MR) is 82.3 cm³/mol. The summed E-state index contributed by atoms with van der Waals surface area (Å²) in [6.07, 6.45) is 1.41. The lowest BCUT2D eigenvalue weighted by atomic mass is 9.77. The van der Waals surface area contributed by atoms with Gasteiger partial charge >= 0.3 is 0 Å². The van der Waals surface area contributed by atoms with Gasteiger partial charge in [0.05, 0.1) is 16.7 Å². The van der Waals surface area contributed by atoms with Crippen LogP contribution in [0.3, 0.4) is 0 Å². The lowest BCUT2D eigenvalue weighted by molar-refractivity contribution is 0.102. The van der Waals surface area contributed by atoms with Gasteiger partial charge in [0.15, 0.2) is 0 Å². The van der Waals surface area contributed by atoms with Crippen LogP contribution in [-0.4, -0.2) is 10.1 Å². The number of fused-ring (bicyclic) bond motifs is 1. The molecule has 1 heterocycles. The van der Waals surface area contributed by atoms with Gasteiger partial charge in [0.25, 0.3) is 0 Å². The molecule has 0 spiro atoms. The third kappa shape index (κ3) is 2.62. The Hall–Kier alpha value is -0.710. The van der Waals surface area contributed by atoms with Gasteiger partial charge in [-0.15, -0.1) is 11.3 Å². The standard InChI is InChI=1S/C15H16BrNOS/c1-15(2)7-11-13(12(18)8-15)19-14(17-11)9-3-5-10(16)6-4-9/h3-6,12,18H,7-8H2,1-2H3. The van der Waals surface area contributed by atoms with Crippen molar-refractivity contribution < 1.29 is 5.11 Å². The summed E-state index contributed by atoms with van der Waals surface area (Å²) < 4.78 is 1.07. The van der Waals surface area contributed by atoms with Crippen molar-refractivity contribution in [3.05, 3.63) is 39.3 Å². The number of aromatic nitrogens is 1. The number of halogens is 1. The first-order valence-corrected chi connectivity index (χ1v) is 7.99. The zero-order valence-corrected chi connectivity index (χ0v) is 13.4. The van der Waals surface area contributed by atoms with Crippen molar-refractivity contribution in [3.63, 3.8) is 0 Å². The molecule has 4 heteroatoms. The smallest absolute Gasteiger partial charge is 0.123 e. The monoisotopic (exact) mass is 337 g/mol. The quantitative estimate of drug-likeness (QED) is 0.826. The minimum absolute atomic E-state index is 0.136. The highest BCUT2D eigenvalue weighted by atomic mass is 79.9. The molecule has 19 heavy (non-hydrogen) atoms. The Morgan fingerprint density at radius 3 is 2.68 bits per heavy atom. The number of thiazole rings is 1. The normalized spacial score (nSPS) is 21.2. The molecule has 0 fully saturated rings. The average molecular weight is 338 g/mol. The number of nitrogens with zero attached hydrogens (tertiary/aromatic N) is 1. The average Bonchev–Trinajstić information content (AvgIpc) is 2.72. The summed E-state index contributed by atoms with van der Waals surface area (Å²) in [6, 6.07) is 8.17. The third-order valence-electron chi connectivity index (χ3n) is 3.51. The number of benzene rings is 1. The van der Waals surface area contributed by atoms with Crippen LogP contribution in [0.1, 0.15) is 36.9 Å². The number of rotatable bonds is 1. The molecule has 0 aliphatic heterocycles. The van der Waals surface area contributed by atoms with E-state index in [1.165, 1.54) is 0 Å². The van der Waals surface area contributed by atoms with Crippen molar-refractivity contribution >= 4 is 27.3 Å². The summed E-state index contributed by atoms with van der Waals surface area (Å²) in [7, 11) is 0. The first-order chi connectivity index (χ1) is 8.94. The Morgan fingerprint density at radius 1 is 1.32 bits per heavy atom. The molecule has 0 saturated heterocycles. The van der Waals surface area contributed by atoms with Gasteiger partial charge in [-0.05, 0) is 30.4 Å². The summed E-state index contributed by atoms with van der Waals surface area (Å²) >= 11 is 5.07. The highest BCUT2D eigenvalue weighted by Crippen LogP contribution is 2.44. The maximum Gasteiger partial charge on any atom is 0.123 e. The molecule has 1 N–H and O–H groups in total. The summed E-state index contributed by atoms with van der Waals surface area (Å²) in [5.41, 5.74) is 2.33. The van der Waals surface area contributed by atoms with Crippen molar-refractivity contribution in [1.29, 1.82) is 0 Å². The molecule has 0 saturated carbocycles. The van der Waals surface area contributed by atoms with Crippen LogP contribution in [0.15, 0.2) is 28.7 Å². The van der Waals surface area contributed by atoms with Gasteiger partial charge in [-0.25, -0.2) is 4.98 Å². The van der Waals surface area contributed by atoms with Gasteiger partial charge in [0, 0.05) is 10.0 Å². The molecule has 1 aliphatic carbocycles. The summed E-state index contributed by atoms with van der Waals surface area (Å²) in [5.74, 6) is 0. The number of aliphatic hydroxyl groups is 1. The largest absolute Gasteiger partial charge is 0.387 e. The molecule has 1 aliphatic rings. The van der Waals surface area contributed by atoms with E-state index in [0.717, 1.165) is 38.5 Å². The van der Waals surface area contributed by atoms with E-state index < -0.39 is 0 Å². The van der Waals surface area contributed by atoms with E-state index in [1.807, 2.05) is 12.1 Å². The molecule has 0 amide bonds. The van der Waals surface area contributed by atoms with Gasteiger partial charge in [0.2, 0.25) is 0 Å². The molecule has 2 nitrogen and oxygen atoms in total. The van der Waals surface area contributed by atoms with Crippen LogP contribution in [0, 0.1) is 5.41 Å². The zero-order valence-electron chi connectivity index (χ0n) is 11.0. The fourth-order valence-corrected chi connectivity index (χ4v) is 3.95. The minimum atomic E-state index is -0.361. The van der Waals surface area contributed by atoms with Crippen LogP contribution in [0.5, 0.6) is 0 Å². The van der Waals surface area contributed by atoms with Crippen LogP contribution in [0.25, 0.3) is 10.6 Å². The first-order valence-electron chi connectivity index (χ1n) is 6.38. The molecule has 0 radical (unpaired) electrons. The number of hydrogen-bond acceptors (Lipinski definition) is 3. The molecule has 3 rings (SSSR count). The Bertz CT molecular complexity index is 603. The second-order valence-electron chi connectivity index (χ2n) is 5.90. The van der Waals surface area contributed by atoms with Crippen LogP contribution in [-0.2, 0) is 6.42 Å². The van der Waals surface area contributed by atoms with E-state index >= 15 is 0 Å². The second kappa shape index (κ2) is 4.69. The zero-order chi connectivity index (χ0) is 13.6. The van der Waals surface area contributed by atoms with Gasteiger partial charge in [-0.1, -0.05) is 41.9 Å². The van der Waals surface area contributed by atoms with Gasteiger partial charge in [-0.3, -0.25) is 0 Å². The van der Waals surface area contributed by atoms with Crippen LogP contribution >= 0.6 is 27.3 Å². The van der Waals surface area contributed by atoms with Gasteiger partial charge in [-0.2, -0.15) is 0 Å². The van der Waals surface area contributed by atoms with E-state index in [1.54, 1.807) is 11.3 Å². The summed E-state index contributed by atoms with van der Waals surface area (Å²) in [5, 5.41) is 11.3. The van der Waals surface area contributed by atoms with Crippen molar-refractivity contribution in [1.82, 2.24) is 4.98 Å². The molecule has 1 aromatic heterocycles. The third-order valence-corrected chi connectivity index (χ3v) is 5.29. The van der Waals surface area contributed by atoms with Crippen LogP contribution < -0.4 is 0 Å². The number of hydrogen-bond donors (Lipinski definition) is 1. The Balaban J connectivity index is 2.01. The molecule has 1 unspecified atom stereocenters. The molecule has 1 aromatic carbocycles. The molecule has 0 bridgehead atoms. The lowest BCUT2D eigenvalue weighted by Gasteiger charge is -2.31. The Labute approximate surface area is 125 Å². The van der Waals surface area contributed by atoms with Crippen LogP contribution in [0.2, 0.25) is 0 Å². The highest BCUT2D eigenvalue weighted by Gasteiger charge is 2.34. The second-order valence-corrected chi connectivity index (χ2v) is 7.84. The van der Waals surface area contributed by atoms with E-state index in [0.29, 0.717) is 0 Å². The number of aliphatic hydroxyl groups excluding tert-OH is 1. The fourth-order valence-electron chi connectivity index (χ4n) is 2.61. The van der Waals surface area contributed by atoms with Crippen molar-refractivity contribution in [2.24, 2.45) is 5.41 Å². The van der Waals surface area contributed by atoms with E-state index in [9.17, 15) is 5.11 Å². The minimum Gasteiger partial charge on any atom is -0.387 e. The van der Waals surface area contributed by atoms with E-state index in [4.69, 9.17) is 4.98 Å². The molecule has 100 valence electrons. The topological polar surface area (TPSA) is 33.1 Å². The summed E-state index contributed by atoms with van der Waals surface area (Å²) in [4.78, 5) is 5.79. The van der Waals surface area contributed by atoms with Gasteiger partial charge in [0.1, 0.15) is 5.01 Å². The van der Waals surface area contributed by atoms with Gasteiger partial charge < -0.3 is 5.11 Å². The summed E-state index contributed by atoms with van der Waals surface area (Å²) in [6.45, 7) is 4.38. The molecule has 1 atom stereocenters. The van der Waals surface area contributed by atoms with E-state index in [2.05, 4.69) is 41.9 Å². The van der Waals surface area contributed by atoms with Crippen LogP contribution in [0.4, 0.5) is 0 Å². The maximum absolute atomic E-state index is 10.3. The van der Waals surface area contributed by atoms with E-state index in [-0.39, 0.29) is 11.5 Å².